The van der Waals surface area contributed by atoms with Crippen LogP contribution in [-0.2, 0) is 0 Å². The van der Waals surface area contributed by atoms with Crippen molar-refractivity contribution in [2.45, 2.75) is 19.8 Å². The number of carbonyl (C=O) groups excluding carboxylic acids is 1. The van der Waals surface area contributed by atoms with Crippen molar-refractivity contribution in [1.82, 2.24) is 4.90 Å². The van der Waals surface area contributed by atoms with E-state index in [9.17, 15) is 4.79 Å². The summed E-state index contributed by atoms with van der Waals surface area (Å²) >= 11 is 5.35. The van der Waals surface area contributed by atoms with Crippen LogP contribution in [0.15, 0.2) is 54.6 Å². The summed E-state index contributed by atoms with van der Waals surface area (Å²) in [5.74, 6) is 0.802. The van der Waals surface area contributed by atoms with Gasteiger partial charge in [-0.1, -0.05) is 31.2 Å². The standard InChI is InChI=1S/C20H23N3OS/c1-15-10-12-23(13-11-15)19(24)16-6-5-9-18(14-16)22-20(25)21-17-7-3-2-4-8-17/h2-9,14-15H,10-13H2,1H3,(H2,21,22,25). The number of carbonyl (C=O) groups is 1. The van der Waals surface area contributed by atoms with Crippen molar-refractivity contribution in [3.8, 4) is 0 Å². The lowest BCUT2D eigenvalue weighted by Crippen LogP contribution is -2.37. The second-order valence-electron chi connectivity index (χ2n) is 6.50. The summed E-state index contributed by atoms with van der Waals surface area (Å²) in [4.78, 5) is 14.6. The number of piperidine rings is 1. The van der Waals surface area contributed by atoms with Crippen LogP contribution in [0.2, 0.25) is 0 Å². The number of thiocarbonyl (C=S) groups is 1. The predicted octanol–water partition coefficient (Wildman–Crippen LogP) is 4.37. The number of hydrogen-bond donors (Lipinski definition) is 2. The predicted molar refractivity (Wildman–Crippen MR) is 107 cm³/mol. The fraction of sp³-hybridized carbons (Fsp3) is 0.300. The topological polar surface area (TPSA) is 44.4 Å². The third-order valence-electron chi connectivity index (χ3n) is 4.47. The van der Waals surface area contributed by atoms with Crippen LogP contribution in [0.4, 0.5) is 11.4 Å². The van der Waals surface area contributed by atoms with E-state index in [-0.39, 0.29) is 5.91 Å². The van der Waals surface area contributed by atoms with E-state index in [1.165, 1.54) is 0 Å². The van der Waals surface area contributed by atoms with Crippen LogP contribution in [0.25, 0.3) is 0 Å². The number of rotatable bonds is 3. The summed E-state index contributed by atoms with van der Waals surface area (Å²) in [5.41, 5.74) is 2.43. The van der Waals surface area contributed by atoms with Gasteiger partial charge >= 0.3 is 0 Å². The van der Waals surface area contributed by atoms with Crippen LogP contribution >= 0.6 is 12.2 Å². The molecule has 5 heteroatoms. The molecule has 1 amide bonds. The van der Waals surface area contributed by atoms with Crippen molar-refractivity contribution < 1.29 is 4.79 Å². The monoisotopic (exact) mass is 353 g/mol. The Morgan fingerprint density at radius 1 is 1.00 bits per heavy atom. The van der Waals surface area contributed by atoms with Crippen molar-refractivity contribution in [1.29, 1.82) is 0 Å². The summed E-state index contributed by atoms with van der Waals surface area (Å²) in [5, 5.41) is 6.78. The number of para-hydroxylation sites is 1. The van der Waals surface area contributed by atoms with Crippen molar-refractivity contribution in [3.05, 3.63) is 60.2 Å². The molecule has 2 aromatic rings. The Morgan fingerprint density at radius 2 is 1.64 bits per heavy atom. The molecule has 1 aliphatic rings. The molecule has 1 aliphatic heterocycles. The summed E-state index contributed by atoms with van der Waals surface area (Å²) in [6.07, 6.45) is 2.16. The SMILES string of the molecule is CC1CCN(C(=O)c2cccc(NC(=S)Nc3ccccc3)c2)CC1. The van der Waals surface area contributed by atoms with Gasteiger partial charge in [0.15, 0.2) is 5.11 Å². The van der Waals surface area contributed by atoms with Crippen LogP contribution in [0.5, 0.6) is 0 Å². The van der Waals surface area contributed by atoms with Crippen molar-refractivity contribution in [2.75, 3.05) is 23.7 Å². The number of benzene rings is 2. The molecule has 0 unspecified atom stereocenters. The average Bonchev–Trinajstić information content (AvgIpc) is 2.63. The maximum Gasteiger partial charge on any atom is 0.253 e. The summed E-state index contributed by atoms with van der Waals surface area (Å²) in [7, 11) is 0. The molecule has 0 radical (unpaired) electrons. The summed E-state index contributed by atoms with van der Waals surface area (Å²) < 4.78 is 0. The number of nitrogens with one attached hydrogen (secondary N) is 2. The number of anilines is 2. The minimum absolute atomic E-state index is 0.0949. The summed E-state index contributed by atoms with van der Waals surface area (Å²) in [6, 6.07) is 17.3. The molecule has 0 aromatic heterocycles. The average molecular weight is 353 g/mol. The van der Waals surface area contributed by atoms with E-state index in [4.69, 9.17) is 12.2 Å². The first-order valence-corrected chi connectivity index (χ1v) is 9.05. The zero-order chi connectivity index (χ0) is 17.6. The normalized spacial score (nSPS) is 14.8. The van der Waals surface area contributed by atoms with Gasteiger partial charge in [-0.05, 0) is 61.3 Å². The minimum Gasteiger partial charge on any atom is -0.339 e. The Labute approximate surface area is 154 Å². The van der Waals surface area contributed by atoms with Gasteiger partial charge < -0.3 is 15.5 Å². The van der Waals surface area contributed by atoms with Gasteiger partial charge in [-0.15, -0.1) is 0 Å². The zero-order valence-electron chi connectivity index (χ0n) is 14.4. The van der Waals surface area contributed by atoms with Gasteiger partial charge in [-0.25, -0.2) is 0 Å². The molecule has 0 saturated carbocycles. The van der Waals surface area contributed by atoms with Gasteiger partial charge in [-0.2, -0.15) is 0 Å². The minimum atomic E-state index is 0.0949. The van der Waals surface area contributed by atoms with Crippen molar-refractivity contribution >= 4 is 34.6 Å². The molecule has 0 spiro atoms. The maximum absolute atomic E-state index is 12.7. The van der Waals surface area contributed by atoms with E-state index in [1.807, 2.05) is 59.5 Å². The molecule has 2 aromatic carbocycles. The van der Waals surface area contributed by atoms with Crippen molar-refractivity contribution in [3.63, 3.8) is 0 Å². The number of nitrogens with zero attached hydrogens (tertiary/aromatic N) is 1. The molecule has 4 nitrogen and oxygen atoms in total. The third-order valence-corrected chi connectivity index (χ3v) is 4.67. The molecule has 1 saturated heterocycles. The highest BCUT2D eigenvalue weighted by Gasteiger charge is 2.21. The largest absolute Gasteiger partial charge is 0.339 e. The van der Waals surface area contributed by atoms with Gasteiger partial charge in [0.25, 0.3) is 5.91 Å². The molecule has 25 heavy (non-hydrogen) atoms. The van der Waals surface area contributed by atoms with E-state index < -0.39 is 0 Å². The van der Waals surface area contributed by atoms with Gasteiger partial charge in [0.1, 0.15) is 0 Å². The molecule has 3 rings (SSSR count). The van der Waals surface area contributed by atoms with E-state index in [0.717, 1.165) is 37.3 Å². The van der Waals surface area contributed by atoms with Crippen LogP contribution in [0.1, 0.15) is 30.1 Å². The maximum atomic E-state index is 12.7. The fourth-order valence-corrected chi connectivity index (χ4v) is 3.17. The van der Waals surface area contributed by atoms with Crippen molar-refractivity contribution in [2.24, 2.45) is 5.92 Å². The van der Waals surface area contributed by atoms with Crippen LogP contribution in [0, 0.1) is 5.92 Å². The van der Waals surface area contributed by atoms with E-state index in [0.29, 0.717) is 16.6 Å². The van der Waals surface area contributed by atoms with Crippen LogP contribution in [-0.4, -0.2) is 29.0 Å². The molecular weight excluding hydrogens is 330 g/mol. The highest BCUT2D eigenvalue weighted by molar-refractivity contribution is 7.80. The zero-order valence-corrected chi connectivity index (χ0v) is 15.2. The Morgan fingerprint density at radius 3 is 2.36 bits per heavy atom. The molecule has 2 N–H and O–H groups in total. The van der Waals surface area contributed by atoms with Gasteiger partial charge in [-0.3, -0.25) is 4.79 Å². The fourth-order valence-electron chi connectivity index (χ4n) is 2.94. The van der Waals surface area contributed by atoms with E-state index in [2.05, 4.69) is 17.6 Å². The first kappa shape index (κ1) is 17.4. The van der Waals surface area contributed by atoms with E-state index in [1.54, 1.807) is 0 Å². The highest BCUT2D eigenvalue weighted by Crippen LogP contribution is 2.20. The molecule has 1 fully saturated rings. The highest BCUT2D eigenvalue weighted by atomic mass is 32.1. The molecule has 130 valence electrons. The van der Waals surface area contributed by atoms with Gasteiger partial charge in [0.05, 0.1) is 0 Å². The van der Waals surface area contributed by atoms with Crippen LogP contribution < -0.4 is 10.6 Å². The van der Waals surface area contributed by atoms with Gasteiger partial charge in [0, 0.05) is 30.0 Å². The smallest absolute Gasteiger partial charge is 0.253 e. The third kappa shape index (κ3) is 4.79. The van der Waals surface area contributed by atoms with E-state index >= 15 is 0 Å². The lowest BCUT2D eigenvalue weighted by atomic mass is 9.98. The lowest BCUT2D eigenvalue weighted by Gasteiger charge is -2.30. The number of likely N-dealkylation sites (tertiary alicyclic amines) is 1. The lowest BCUT2D eigenvalue weighted by molar-refractivity contribution is 0.0697. The molecule has 0 aliphatic carbocycles. The Hall–Kier alpha value is -2.40. The molecule has 1 heterocycles. The van der Waals surface area contributed by atoms with Crippen LogP contribution in [0.3, 0.4) is 0 Å². The molecular formula is C20H23N3OS. The Balaban J connectivity index is 1.63. The summed E-state index contributed by atoms with van der Waals surface area (Å²) in [6.45, 7) is 3.92. The first-order chi connectivity index (χ1) is 12.1. The number of amides is 1. The second kappa shape index (κ2) is 8.12. The second-order valence-corrected chi connectivity index (χ2v) is 6.91. The quantitative estimate of drug-likeness (QED) is 0.805. The first-order valence-electron chi connectivity index (χ1n) is 8.64. The number of hydrogen-bond acceptors (Lipinski definition) is 2. The Kier molecular flexibility index (Phi) is 5.66. The Bertz CT molecular complexity index is 740. The molecule has 0 bridgehead atoms. The van der Waals surface area contributed by atoms with Gasteiger partial charge in [0.2, 0.25) is 0 Å². The molecule has 0 atom stereocenters.